The normalized spacial score (nSPS) is 20.9. The van der Waals surface area contributed by atoms with Crippen LogP contribution in [0, 0.1) is 18.3 Å². The van der Waals surface area contributed by atoms with Crippen LogP contribution >= 0.6 is 22.9 Å². The van der Waals surface area contributed by atoms with Gasteiger partial charge in [0, 0.05) is 51.1 Å². The molecule has 2 fully saturated rings. The van der Waals surface area contributed by atoms with Crippen LogP contribution in [0.1, 0.15) is 75.6 Å². The number of fused-ring (bicyclic) bond motifs is 1. The standard InChI is InChI=1S/C51H64ClN7O13S/c1-29-45(73-28-57-29)31-9-7-30(8-10-31)23-54-48(66)39-22-34(61)24-59(39)49(67)37(51(2,3)4)21-35(62)25-70-19-18-69-17-16-68-15-5-6-33(60)26-71-40-20-32(11-12-38(40)52)41(63)44-42(64)43(65)50(72-44)58-14-13-36-46(53)55-27-56-47(36)58/h7-14,20,27-28,34,37,39,41-44,50,61,63-65H,5-6,15-19,21-26H2,1-4H3,(H,54,66)(H2,53,55,56)/t34-,37-,39+,41-,42+,43-,44-,50-/m1/s1. The van der Waals surface area contributed by atoms with Crippen molar-refractivity contribution in [2.24, 2.45) is 11.3 Å². The number of hydrogen-bond acceptors (Lipinski definition) is 18. The predicted molar refractivity (Wildman–Crippen MR) is 269 cm³/mol. The number of likely N-dealkylation sites (tertiary alicyclic amines) is 1. The third-order valence-electron chi connectivity index (χ3n) is 12.9. The summed E-state index contributed by atoms with van der Waals surface area (Å²) >= 11 is 7.91. The average Bonchev–Trinajstić information content (AvgIpc) is 4.16. The molecular formula is C51H64ClN7O13S. The Morgan fingerprint density at radius 1 is 0.932 bits per heavy atom. The van der Waals surface area contributed by atoms with Gasteiger partial charge in [-0.1, -0.05) is 62.7 Å². The van der Waals surface area contributed by atoms with Gasteiger partial charge in [0.1, 0.15) is 67.2 Å². The number of aryl methyl sites for hydroxylation is 1. The van der Waals surface area contributed by atoms with Crippen LogP contribution in [0.2, 0.25) is 5.02 Å². The topological polar surface area (TPSA) is 280 Å². The summed E-state index contributed by atoms with van der Waals surface area (Å²) in [7, 11) is 0. The summed E-state index contributed by atoms with van der Waals surface area (Å²) in [5, 5.41) is 47.2. The quantitative estimate of drug-likeness (QED) is 0.0448. The largest absolute Gasteiger partial charge is 0.484 e. The fraction of sp³-hybridized carbons (Fsp3) is 0.510. The highest BCUT2D eigenvalue weighted by Crippen LogP contribution is 2.40. The van der Waals surface area contributed by atoms with Crippen LogP contribution in [0.3, 0.4) is 0 Å². The molecule has 2 amide bonds. The highest BCUT2D eigenvalue weighted by molar-refractivity contribution is 7.13. The van der Waals surface area contributed by atoms with E-state index in [1.54, 1.807) is 29.1 Å². The first-order valence-electron chi connectivity index (χ1n) is 24.1. The molecule has 7 N–H and O–H groups in total. The highest BCUT2D eigenvalue weighted by Gasteiger charge is 2.48. The van der Waals surface area contributed by atoms with Gasteiger partial charge in [0.25, 0.3) is 0 Å². The summed E-state index contributed by atoms with van der Waals surface area (Å²) in [6.45, 7) is 8.41. The molecule has 5 heterocycles. The van der Waals surface area contributed by atoms with E-state index in [9.17, 15) is 39.6 Å². The fourth-order valence-electron chi connectivity index (χ4n) is 8.82. The number of aromatic nitrogens is 4. The van der Waals surface area contributed by atoms with Gasteiger partial charge in [0.2, 0.25) is 11.8 Å². The van der Waals surface area contributed by atoms with E-state index in [0.717, 1.165) is 21.7 Å². The van der Waals surface area contributed by atoms with Gasteiger partial charge >= 0.3 is 0 Å². The molecule has 2 saturated heterocycles. The molecule has 3 aromatic heterocycles. The number of thiazole rings is 1. The summed E-state index contributed by atoms with van der Waals surface area (Å²) in [6.07, 6.45) is -4.02. The van der Waals surface area contributed by atoms with Gasteiger partial charge in [-0.15, -0.1) is 11.3 Å². The molecule has 2 aliphatic heterocycles. The van der Waals surface area contributed by atoms with E-state index >= 15 is 0 Å². The number of benzene rings is 2. The highest BCUT2D eigenvalue weighted by atomic mass is 35.5. The monoisotopic (exact) mass is 1050 g/mol. The molecule has 0 radical (unpaired) electrons. The van der Waals surface area contributed by atoms with Crippen molar-refractivity contribution in [2.75, 3.05) is 58.5 Å². The van der Waals surface area contributed by atoms with Crippen LogP contribution in [0.4, 0.5) is 5.82 Å². The lowest BCUT2D eigenvalue weighted by Gasteiger charge is -2.34. The molecule has 0 aliphatic carbocycles. The Bertz CT molecular complexity index is 2680. The van der Waals surface area contributed by atoms with E-state index in [4.69, 9.17) is 41.0 Å². The molecule has 8 atom stereocenters. The number of amides is 2. The first-order chi connectivity index (χ1) is 34.9. The van der Waals surface area contributed by atoms with Crippen molar-refractivity contribution in [2.45, 2.75) is 103 Å². The molecule has 0 saturated carbocycles. The Morgan fingerprint density at radius 3 is 2.37 bits per heavy atom. The van der Waals surface area contributed by atoms with Crippen molar-refractivity contribution < 1.29 is 63.3 Å². The minimum absolute atomic E-state index is 0.00511. The van der Waals surface area contributed by atoms with E-state index in [1.165, 1.54) is 34.0 Å². The van der Waals surface area contributed by atoms with E-state index in [2.05, 4.69) is 20.3 Å². The van der Waals surface area contributed by atoms with Gasteiger partial charge in [-0.25, -0.2) is 15.0 Å². The maximum Gasteiger partial charge on any atom is 0.243 e. The summed E-state index contributed by atoms with van der Waals surface area (Å²) in [4.78, 5) is 68.2. The van der Waals surface area contributed by atoms with E-state index in [-0.39, 0.29) is 124 Å². The Balaban J connectivity index is 0.750. The van der Waals surface area contributed by atoms with E-state index in [0.29, 0.717) is 17.5 Å². The third-order valence-corrected chi connectivity index (χ3v) is 14.2. The second-order valence-corrected chi connectivity index (χ2v) is 20.5. The fourth-order valence-corrected chi connectivity index (χ4v) is 9.80. The molecule has 2 aromatic carbocycles. The van der Waals surface area contributed by atoms with Gasteiger partial charge in [0.05, 0.1) is 59.0 Å². The summed E-state index contributed by atoms with van der Waals surface area (Å²) < 4.78 is 29.9. The number of carbonyl (C=O) groups is 4. The lowest BCUT2D eigenvalue weighted by molar-refractivity contribution is -0.146. The van der Waals surface area contributed by atoms with Gasteiger partial charge < -0.3 is 64.6 Å². The minimum Gasteiger partial charge on any atom is -0.484 e. The van der Waals surface area contributed by atoms with Crippen LogP contribution in [0.15, 0.2) is 66.6 Å². The molecule has 22 heteroatoms. The lowest BCUT2D eigenvalue weighted by atomic mass is 9.77. The molecular weight excluding hydrogens is 986 g/mol. The van der Waals surface area contributed by atoms with Crippen molar-refractivity contribution in [1.29, 1.82) is 0 Å². The first kappa shape index (κ1) is 55.3. The number of aliphatic hydroxyl groups is 4. The number of ether oxygens (including phenoxy) is 5. The summed E-state index contributed by atoms with van der Waals surface area (Å²) in [6, 6.07) is 13.1. The Hall–Kier alpha value is -5.46. The van der Waals surface area contributed by atoms with Gasteiger partial charge in [-0.05, 0) is 53.6 Å². The van der Waals surface area contributed by atoms with Crippen molar-refractivity contribution in [1.82, 2.24) is 29.7 Å². The van der Waals surface area contributed by atoms with Gasteiger partial charge in [-0.3, -0.25) is 19.2 Å². The molecule has 0 bridgehead atoms. The molecule has 73 heavy (non-hydrogen) atoms. The maximum absolute atomic E-state index is 14.0. The van der Waals surface area contributed by atoms with Crippen molar-refractivity contribution in [3.05, 3.63) is 88.4 Å². The predicted octanol–water partition coefficient (Wildman–Crippen LogP) is 4.13. The lowest BCUT2D eigenvalue weighted by Crippen LogP contribution is -2.50. The zero-order valence-corrected chi connectivity index (χ0v) is 42.8. The molecule has 2 aliphatic rings. The number of carbonyl (C=O) groups excluding carboxylic acids is 4. The number of hydrogen-bond donors (Lipinski definition) is 6. The molecule has 0 spiro atoms. The van der Waals surface area contributed by atoms with Crippen LogP contribution in [0.5, 0.6) is 5.75 Å². The number of nitrogens with two attached hydrogens (primary N) is 1. The minimum atomic E-state index is -1.47. The maximum atomic E-state index is 14.0. The number of ketones is 2. The Kier molecular flexibility index (Phi) is 19.1. The number of halogens is 1. The molecule has 20 nitrogen and oxygen atoms in total. The molecule has 7 rings (SSSR count). The zero-order chi connectivity index (χ0) is 52.4. The molecule has 0 unspecified atom stereocenters. The number of nitrogens with one attached hydrogen (secondary N) is 1. The second kappa shape index (κ2) is 25.2. The van der Waals surface area contributed by atoms with Gasteiger partial charge in [0.15, 0.2) is 17.8 Å². The Morgan fingerprint density at radius 2 is 1.66 bits per heavy atom. The molecule has 5 aromatic rings. The SMILES string of the molecule is Cc1ncsc1-c1ccc(CNC(=O)[C@@H]2C[C@@H](O)CN2C(=O)[C@@H](CC(=O)COCCOCCOCCCC(=O)COc2cc([C@@H](O)[C@H]3O[C@@H](n4ccc5c(N)ncnc54)[C@H](O)[C@@H]3O)ccc2Cl)C(C)(C)C)cc1. The smallest absolute Gasteiger partial charge is 0.243 e. The Labute approximate surface area is 431 Å². The van der Waals surface area contributed by atoms with Crippen molar-refractivity contribution >= 4 is 63.2 Å². The molecule has 394 valence electrons. The van der Waals surface area contributed by atoms with Crippen molar-refractivity contribution in [3.8, 4) is 16.2 Å². The number of Topliss-reactive ketones (excluding diaryl/α,β-unsaturated/α-hetero) is 2. The number of β-amino-alcohol motifs (C(OH)–C–C–N with tert-alkyl or cyclic N) is 1. The van der Waals surface area contributed by atoms with Crippen LogP contribution in [-0.4, -0.2) is 151 Å². The number of anilines is 1. The number of nitrogen functional groups attached to an aromatic ring is 1. The average molecular weight is 1050 g/mol. The number of aliphatic hydroxyl groups excluding tert-OH is 4. The number of rotatable bonds is 25. The van der Waals surface area contributed by atoms with E-state index in [1.807, 2.05) is 52.0 Å². The zero-order valence-electron chi connectivity index (χ0n) is 41.2. The summed E-state index contributed by atoms with van der Waals surface area (Å²) in [5.41, 5.74) is 10.7. The van der Waals surface area contributed by atoms with Crippen molar-refractivity contribution in [3.63, 3.8) is 0 Å². The summed E-state index contributed by atoms with van der Waals surface area (Å²) in [5.74, 6) is -1.60. The van der Waals surface area contributed by atoms with Crippen LogP contribution in [0.25, 0.3) is 21.5 Å². The third kappa shape index (κ3) is 14.0. The van der Waals surface area contributed by atoms with Crippen LogP contribution in [-0.2, 0) is 44.7 Å². The van der Waals surface area contributed by atoms with E-state index < -0.39 is 54.1 Å². The van der Waals surface area contributed by atoms with Gasteiger partial charge in [-0.2, -0.15) is 0 Å². The van der Waals surface area contributed by atoms with Crippen LogP contribution < -0.4 is 15.8 Å². The second-order valence-electron chi connectivity index (χ2n) is 19.3. The number of nitrogens with zero attached hydrogens (tertiary/aromatic N) is 5. The first-order valence-corrected chi connectivity index (χ1v) is 25.4.